The van der Waals surface area contributed by atoms with E-state index in [1.54, 1.807) is 36.4 Å². The van der Waals surface area contributed by atoms with Gasteiger partial charge in [0.2, 0.25) is 5.89 Å². The molecule has 0 radical (unpaired) electrons. The van der Waals surface area contributed by atoms with Crippen LogP contribution in [0.4, 0.5) is 0 Å². The zero-order valence-corrected chi connectivity index (χ0v) is 15.9. The molecular weight excluding hydrogens is 389 g/mol. The lowest BCUT2D eigenvalue weighted by atomic mass is 10.1. The minimum Gasteiger partial charge on any atom is -0.462 e. The molecule has 2 aromatic carbocycles. The van der Waals surface area contributed by atoms with Gasteiger partial charge in [-0.15, -0.1) is 0 Å². The Morgan fingerprint density at radius 3 is 2.74 bits per heavy atom. The molecule has 1 unspecified atom stereocenters. The maximum absolute atomic E-state index is 12.3. The molecule has 4 rings (SSSR count). The first-order chi connectivity index (χ1) is 13.1. The Bertz CT molecular complexity index is 959. The maximum atomic E-state index is 12.3. The van der Waals surface area contributed by atoms with Gasteiger partial charge >= 0.3 is 5.97 Å². The van der Waals surface area contributed by atoms with Crippen molar-refractivity contribution >= 4 is 40.3 Å². The third-order valence-corrected chi connectivity index (χ3v) is 4.95. The number of oxazole rings is 1. The molecule has 1 atom stereocenters. The molecule has 1 fully saturated rings. The predicted molar refractivity (Wildman–Crippen MR) is 103 cm³/mol. The van der Waals surface area contributed by atoms with Gasteiger partial charge in [-0.05, 0) is 55.2 Å². The number of aromatic nitrogens is 1. The Kier molecular flexibility index (Phi) is 5.34. The number of esters is 1. The lowest BCUT2D eigenvalue weighted by Crippen LogP contribution is -2.10. The van der Waals surface area contributed by atoms with E-state index in [-0.39, 0.29) is 5.97 Å². The Morgan fingerprint density at radius 1 is 1.19 bits per heavy atom. The SMILES string of the molecule is O=C(OCCC1CCOC1)c1ccc2nc(-c3cc(Cl)cc(Cl)c3)oc2c1. The van der Waals surface area contributed by atoms with Crippen LogP contribution in [0.1, 0.15) is 23.2 Å². The number of benzene rings is 2. The van der Waals surface area contributed by atoms with E-state index in [1.165, 1.54) is 0 Å². The minimum atomic E-state index is -0.375. The smallest absolute Gasteiger partial charge is 0.338 e. The van der Waals surface area contributed by atoms with E-state index >= 15 is 0 Å². The molecule has 0 aliphatic carbocycles. The van der Waals surface area contributed by atoms with Gasteiger partial charge in [0.05, 0.1) is 12.2 Å². The van der Waals surface area contributed by atoms with Crippen LogP contribution in [0.15, 0.2) is 40.8 Å². The fraction of sp³-hybridized carbons (Fsp3) is 0.300. The summed E-state index contributed by atoms with van der Waals surface area (Å²) < 4.78 is 16.5. The first kappa shape index (κ1) is 18.3. The Morgan fingerprint density at radius 2 is 2.00 bits per heavy atom. The monoisotopic (exact) mass is 405 g/mol. The third kappa shape index (κ3) is 4.26. The first-order valence-electron chi connectivity index (χ1n) is 8.70. The first-order valence-corrected chi connectivity index (χ1v) is 9.46. The number of hydrogen-bond acceptors (Lipinski definition) is 5. The normalized spacial score (nSPS) is 16.7. The van der Waals surface area contributed by atoms with E-state index in [0.717, 1.165) is 26.1 Å². The van der Waals surface area contributed by atoms with Gasteiger partial charge in [-0.25, -0.2) is 9.78 Å². The summed E-state index contributed by atoms with van der Waals surface area (Å²) in [5.41, 5.74) is 2.24. The molecule has 2 heterocycles. The number of rotatable bonds is 5. The highest BCUT2D eigenvalue weighted by molar-refractivity contribution is 6.35. The highest BCUT2D eigenvalue weighted by Crippen LogP contribution is 2.29. The zero-order valence-electron chi connectivity index (χ0n) is 14.4. The molecular formula is C20H17Cl2NO4. The molecule has 27 heavy (non-hydrogen) atoms. The summed E-state index contributed by atoms with van der Waals surface area (Å²) in [7, 11) is 0. The number of carbonyl (C=O) groups excluding carboxylic acids is 1. The highest BCUT2D eigenvalue weighted by atomic mass is 35.5. The van der Waals surface area contributed by atoms with Crippen molar-refractivity contribution in [1.82, 2.24) is 4.98 Å². The number of carbonyl (C=O) groups is 1. The van der Waals surface area contributed by atoms with Gasteiger partial charge in [-0.1, -0.05) is 23.2 Å². The van der Waals surface area contributed by atoms with Crippen LogP contribution in [-0.2, 0) is 9.47 Å². The predicted octanol–water partition coefficient (Wildman–Crippen LogP) is 5.39. The van der Waals surface area contributed by atoms with E-state index < -0.39 is 0 Å². The molecule has 0 bridgehead atoms. The molecule has 1 aliphatic heterocycles. The van der Waals surface area contributed by atoms with Crippen molar-refractivity contribution in [3.63, 3.8) is 0 Å². The number of fused-ring (bicyclic) bond motifs is 1. The lowest BCUT2D eigenvalue weighted by Gasteiger charge is -2.08. The van der Waals surface area contributed by atoms with Gasteiger partial charge in [0, 0.05) is 28.8 Å². The van der Waals surface area contributed by atoms with Crippen LogP contribution in [0, 0.1) is 5.92 Å². The Labute approximate surface area is 166 Å². The van der Waals surface area contributed by atoms with Crippen molar-refractivity contribution in [3.05, 3.63) is 52.0 Å². The number of halogens is 2. The summed E-state index contributed by atoms with van der Waals surface area (Å²) in [6.45, 7) is 1.92. The van der Waals surface area contributed by atoms with Gasteiger partial charge in [-0.3, -0.25) is 0 Å². The van der Waals surface area contributed by atoms with Crippen molar-refractivity contribution in [2.24, 2.45) is 5.92 Å². The van der Waals surface area contributed by atoms with E-state index in [1.807, 2.05) is 0 Å². The van der Waals surface area contributed by atoms with Crippen molar-refractivity contribution in [2.45, 2.75) is 12.8 Å². The largest absolute Gasteiger partial charge is 0.462 e. The molecule has 0 amide bonds. The number of nitrogens with zero attached hydrogens (tertiary/aromatic N) is 1. The number of ether oxygens (including phenoxy) is 2. The molecule has 0 N–H and O–H groups in total. The standard InChI is InChI=1S/C20H17Cl2NO4/c21-15-7-14(8-16(22)10-15)19-23-17-2-1-13(9-18(17)27-19)20(24)26-6-4-12-3-5-25-11-12/h1-2,7-10,12H,3-6,11H2. The van der Waals surface area contributed by atoms with Gasteiger partial charge in [-0.2, -0.15) is 0 Å². The van der Waals surface area contributed by atoms with Crippen LogP contribution in [0.3, 0.4) is 0 Å². The van der Waals surface area contributed by atoms with Crippen molar-refractivity contribution in [1.29, 1.82) is 0 Å². The van der Waals surface area contributed by atoms with Gasteiger partial charge in [0.15, 0.2) is 5.58 Å². The topological polar surface area (TPSA) is 61.6 Å². The van der Waals surface area contributed by atoms with Crippen LogP contribution in [0.25, 0.3) is 22.6 Å². The van der Waals surface area contributed by atoms with E-state index in [2.05, 4.69) is 4.98 Å². The van der Waals surface area contributed by atoms with Crippen LogP contribution < -0.4 is 0 Å². The molecule has 3 aromatic rings. The Balaban J connectivity index is 1.49. The molecule has 0 spiro atoms. The van der Waals surface area contributed by atoms with E-state index in [9.17, 15) is 4.79 Å². The second-order valence-corrected chi connectivity index (χ2v) is 7.39. The molecule has 140 valence electrons. The molecule has 1 saturated heterocycles. The fourth-order valence-electron chi connectivity index (χ4n) is 3.06. The summed E-state index contributed by atoms with van der Waals surface area (Å²) in [5.74, 6) is 0.488. The fourth-order valence-corrected chi connectivity index (χ4v) is 3.59. The van der Waals surface area contributed by atoms with Gasteiger partial charge in [0.25, 0.3) is 0 Å². The molecule has 7 heteroatoms. The van der Waals surface area contributed by atoms with Crippen LogP contribution in [-0.4, -0.2) is 30.8 Å². The van der Waals surface area contributed by atoms with Crippen LogP contribution in [0.5, 0.6) is 0 Å². The zero-order chi connectivity index (χ0) is 18.8. The number of hydrogen-bond donors (Lipinski definition) is 0. The van der Waals surface area contributed by atoms with Crippen molar-refractivity contribution < 1.29 is 18.7 Å². The average Bonchev–Trinajstić information content (AvgIpc) is 3.29. The lowest BCUT2D eigenvalue weighted by molar-refractivity contribution is 0.0479. The summed E-state index contributed by atoms with van der Waals surface area (Å²) in [6.07, 6.45) is 1.84. The average molecular weight is 406 g/mol. The van der Waals surface area contributed by atoms with E-state index in [4.69, 9.17) is 37.1 Å². The minimum absolute atomic E-state index is 0.375. The summed E-state index contributed by atoms with van der Waals surface area (Å²) in [4.78, 5) is 16.7. The summed E-state index contributed by atoms with van der Waals surface area (Å²) in [6, 6.07) is 10.1. The molecule has 5 nitrogen and oxygen atoms in total. The van der Waals surface area contributed by atoms with Crippen LogP contribution in [0.2, 0.25) is 10.0 Å². The molecule has 0 saturated carbocycles. The Hall–Kier alpha value is -2.08. The molecule has 1 aromatic heterocycles. The quantitative estimate of drug-likeness (QED) is 0.532. The van der Waals surface area contributed by atoms with Gasteiger partial charge in [0.1, 0.15) is 5.52 Å². The summed E-state index contributed by atoms with van der Waals surface area (Å²) in [5, 5.41) is 0.994. The van der Waals surface area contributed by atoms with Crippen molar-refractivity contribution in [3.8, 4) is 11.5 Å². The summed E-state index contributed by atoms with van der Waals surface area (Å²) >= 11 is 12.1. The van der Waals surface area contributed by atoms with E-state index in [0.29, 0.717) is 50.7 Å². The third-order valence-electron chi connectivity index (χ3n) is 4.52. The van der Waals surface area contributed by atoms with Gasteiger partial charge < -0.3 is 13.9 Å². The highest BCUT2D eigenvalue weighted by Gasteiger charge is 2.17. The van der Waals surface area contributed by atoms with Crippen molar-refractivity contribution in [2.75, 3.05) is 19.8 Å². The maximum Gasteiger partial charge on any atom is 0.338 e. The second kappa shape index (κ2) is 7.89. The molecule has 1 aliphatic rings. The second-order valence-electron chi connectivity index (χ2n) is 6.51. The van der Waals surface area contributed by atoms with Crippen LogP contribution >= 0.6 is 23.2 Å².